The van der Waals surface area contributed by atoms with Crippen molar-refractivity contribution in [3.8, 4) is 0 Å². The number of nitrogens with one attached hydrogen (secondary N) is 2. The smallest absolute Gasteiger partial charge is 0.261 e. The topological polar surface area (TPSA) is 73.8 Å². The molecule has 0 atom stereocenters. The highest BCUT2D eigenvalue weighted by Gasteiger charge is 2.08. The summed E-state index contributed by atoms with van der Waals surface area (Å²) in [5, 5.41) is 0. The lowest BCUT2D eigenvalue weighted by molar-refractivity contribution is 0.266. The van der Waals surface area contributed by atoms with E-state index in [0.717, 1.165) is 5.69 Å². The number of hydrazine groups is 1. The van der Waals surface area contributed by atoms with Gasteiger partial charge in [0.2, 0.25) is 0 Å². The number of carbonyl (C=O) groups excluding carboxylic acids is 1. The SMILES string of the molecule is Cc1cccnc1C.O=C1NN1. The van der Waals surface area contributed by atoms with Crippen LogP contribution in [0.25, 0.3) is 0 Å². The molecule has 0 radical (unpaired) electrons. The maximum absolute atomic E-state index is 9.33. The van der Waals surface area contributed by atoms with Crippen molar-refractivity contribution >= 4 is 6.03 Å². The van der Waals surface area contributed by atoms with Gasteiger partial charge in [0.05, 0.1) is 0 Å². The number of pyridine rings is 1. The van der Waals surface area contributed by atoms with Crippen LogP contribution in [0.3, 0.4) is 0 Å². The van der Waals surface area contributed by atoms with Crippen LogP contribution in [-0.4, -0.2) is 11.0 Å². The lowest BCUT2D eigenvalue weighted by atomic mass is 10.2. The number of rotatable bonds is 0. The Hall–Kier alpha value is -1.58. The van der Waals surface area contributed by atoms with Gasteiger partial charge in [-0.25, -0.2) is 15.6 Å². The van der Waals surface area contributed by atoms with Crippen molar-refractivity contribution in [2.75, 3.05) is 0 Å². The highest BCUT2D eigenvalue weighted by Crippen LogP contribution is 1.98. The molecular formula is C8H11N3O. The van der Waals surface area contributed by atoms with Gasteiger partial charge in [-0.15, -0.1) is 0 Å². The molecule has 0 spiro atoms. The second kappa shape index (κ2) is 3.71. The Morgan fingerprint density at radius 3 is 2.17 bits per heavy atom. The summed E-state index contributed by atoms with van der Waals surface area (Å²) in [7, 11) is 0. The number of hydrogen-bond acceptors (Lipinski definition) is 2. The minimum Gasteiger partial charge on any atom is -0.261 e. The molecule has 1 aliphatic heterocycles. The Morgan fingerprint density at radius 2 is 1.92 bits per heavy atom. The number of aryl methyl sites for hydroxylation is 2. The van der Waals surface area contributed by atoms with E-state index in [9.17, 15) is 4.79 Å². The van der Waals surface area contributed by atoms with E-state index in [-0.39, 0.29) is 6.03 Å². The summed E-state index contributed by atoms with van der Waals surface area (Å²) in [6.45, 7) is 4.07. The molecule has 2 heterocycles. The first-order valence-corrected chi connectivity index (χ1v) is 3.64. The fraction of sp³-hybridized carbons (Fsp3) is 0.250. The van der Waals surface area contributed by atoms with Crippen LogP contribution in [0, 0.1) is 13.8 Å². The molecule has 0 unspecified atom stereocenters. The van der Waals surface area contributed by atoms with Gasteiger partial charge in [0.15, 0.2) is 0 Å². The van der Waals surface area contributed by atoms with Gasteiger partial charge in [-0.3, -0.25) is 4.98 Å². The number of amides is 2. The van der Waals surface area contributed by atoms with Gasteiger partial charge in [0.25, 0.3) is 0 Å². The molecular weight excluding hydrogens is 154 g/mol. The lowest BCUT2D eigenvalue weighted by Crippen LogP contribution is -1.81. The number of nitrogens with zero attached hydrogens (tertiary/aromatic N) is 1. The van der Waals surface area contributed by atoms with Gasteiger partial charge in [-0.2, -0.15) is 0 Å². The van der Waals surface area contributed by atoms with E-state index in [4.69, 9.17) is 0 Å². The van der Waals surface area contributed by atoms with Crippen LogP contribution in [0.5, 0.6) is 0 Å². The molecule has 0 bridgehead atoms. The monoisotopic (exact) mass is 165 g/mol. The Kier molecular flexibility index (Phi) is 2.63. The summed E-state index contributed by atoms with van der Waals surface area (Å²) >= 11 is 0. The van der Waals surface area contributed by atoms with Gasteiger partial charge >= 0.3 is 6.03 Å². The van der Waals surface area contributed by atoms with Gasteiger partial charge in [0.1, 0.15) is 0 Å². The zero-order valence-corrected chi connectivity index (χ0v) is 7.09. The lowest BCUT2D eigenvalue weighted by Gasteiger charge is -1.92. The second-order valence-corrected chi connectivity index (χ2v) is 2.48. The first-order chi connectivity index (χ1) is 5.70. The summed E-state index contributed by atoms with van der Waals surface area (Å²) in [4.78, 5) is 13.4. The average molecular weight is 165 g/mol. The minimum absolute atomic E-state index is 0.0833. The fourth-order valence-corrected chi connectivity index (χ4v) is 0.590. The first-order valence-electron chi connectivity index (χ1n) is 3.64. The van der Waals surface area contributed by atoms with E-state index in [2.05, 4.69) is 28.8 Å². The summed E-state index contributed by atoms with van der Waals surface area (Å²) in [6.07, 6.45) is 1.81. The van der Waals surface area contributed by atoms with Gasteiger partial charge in [-0.05, 0) is 25.5 Å². The van der Waals surface area contributed by atoms with E-state index in [0.29, 0.717) is 0 Å². The van der Waals surface area contributed by atoms with Crippen molar-refractivity contribution in [3.63, 3.8) is 0 Å². The molecule has 1 fully saturated rings. The second-order valence-electron chi connectivity index (χ2n) is 2.48. The fourth-order valence-electron chi connectivity index (χ4n) is 0.590. The maximum Gasteiger partial charge on any atom is 0.352 e. The molecule has 1 saturated heterocycles. The van der Waals surface area contributed by atoms with Gasteiger partial charge < -0.3 is 0 Å². The van der Waals surface area contributed by atoms with Crippen molar-refractivity contribution in [1.29, 1.82) is 0 Å². The van der Waals surface area contributed by atoms with Crippen LogP contribution in [0.15, 0.2) is 18.3 Å². The number of aromatic nitrogens is 1. The van der Waals surface area contributed by atoms with E-state index in [1.165, 1.54) is 5.56 Å². The molecule has 1 aromatic heterocycles. The highest BCUT2D eigenvalue weighted by molar-refractivity contribution is 5.85. The normalized spacial score (nSPS) is 12.0. The largest absolute Gasteiger partial charge is 0.352 e. The zero-order valence-electron chi connectivity index (χ0n) is 7.09. The van der Waals surface area contributed by atoms with Crippen molar-refractivity contribution in [1.82, 2.24) is 15.8 Å². The highest BCUT2D eigenvalue weighted by atomic mass is 16.2. The molecule has 4 heteroatoms. The third kappa shape index (κ3) is 3.01. The molecule has 2 amide bonds. The maximum atomic E-state index is 9.33. The van der Waals surface area contributed by atoms with Crippen LogP contribution in [-0.2, 0) is 0 Å². The predicted octanol–water partition coefficient (Wildman–Crippen LogP) is 0.913. The van der Waals surface area contributed by atoms with Gasteiger partial charge in [-0.1, -0.05) is 6.07 Å². The molecule has 1 aromatic rings. The molecule has 0 saturated carbocycles. The molecule has 2 N–H and O–H groups in total. The Balaban J connectivity index is 0.000000150. The van der Waals surface area contributed by atoms with Crippen LogP contribution in [0.2, 0.25) is 0 Å². The van der Waals surface area contributed by atoms with Crippen LogP contribution in [0.1, 0.15) is 11.3 Å². The number of urea groups is 1. The quantitative estimate of drug-likeness (QED) is 0.561. The van der Waals surface area contributed by atoms with Crippen molar-refractivity contribution in [2.24, 2.45) is 0 Å². The molecule has 64 valence electrons. The van der Waals surface area contributed by atoms with Gasteiger partial charge in [0, 0.05) is 11.9 Å². The van der Waals surface area contributed by atoms with E-state index >= 15 is 0 Å². The third-order valence-electron chi connectivity index (χ3n) is 1.50. The molecule has 1 aliphatic rings. The molecule has 0 aromatic carbocycles. The van der Waals surface area contributed by atoms with Crippen molar-refractivity contribution < 1.29 is 4.79 Å². The summed E-state index contributed by atoms with van der Waals surface area (Å²) in [5.74, 6) is 0. The Labute approximate surface area is 71.0 Å². The molecule has 4 nitrogen and oxygen atoms in total. The van der Waals surface area contributed by atoms with Crippen molar-refractivity contribution in [2.45, 2.75) is 13.8 Å². The summed E-state index contributed by atoms with van der Waals surface area (Å²) < 4.78 is 0. The van der Waals surface area contributed by atoms with Crippen LogP contribution in [0.4, 0.5) is 4.79 Å². The third-order valence-corrected chi connectivity index (χ3v) is 1.50. The standard InChI is InChI=1S/C7H9N.CH2N2O/c1-6-4-3-5-8-7(6)2;4-1-2-3-1/h3-5H,1-2H3;(H2,2,3,4). The molecule has 2 rings (SSSR count). The van der Waals surface area contributed by atoms with E-state index in [1.807, 2.05) is 19.2 Å². The molecule has 0 aliphatic carbocycles. The Morgan fingerprint density at radius 1 is 1.33 bits per heavy atom. The summed E-state index contributed by atoms with van der Waals surface area (Å²) in [5.41, 5.74) is 6.79. The number of carbonyl (C=O) groups is 1. The molecule has 12 heavy (non-hydrogen) atoms. The van der Waals surface area contributed by atoms with E-state index < -0.39 is 0 Å². The minimum atomic E-state index is -0.0833. The Bertz CT molecular complexity index is 258. The average Bonchev–Trinajstić information content (AvgIpc) is 2.80. The first kappa shape index (κ1) is 8.52. The van der Waals surface area contributed by atoms with Crippen LogP contribution < -0.4 is 10.9 Å². The predicted molar refractivity (Wildman–Crippen MR) is 45.4 cm³/mol. The number of hydrogen-bond donors (Lipinski definition) is 2. The summed E-state index contributed by atoms with van der Waals surface area (Å²) in [6, 6.07) is 3.92. The zero-order chi connectivity index (χ0) is 8.97. The van der Waals surface area contributed by atoms with E-state index in [1.54, 1.807) is 0 Å². The van der Waals surface area contributed by atoms with Crippen molar-refractivity contribution in [3.05, 3.63) is 29.6 Å². The van der Waals surface area contributed by atoms with Crippen LogP contribution >= 0.6 is 0 Å².